The predicted octanol–water partition coefficient (Wildman–Crippen LogP) is 5.08. The lowest BCUT2D eigenvalue weighted by Crippen LogP contribution is -2.42. The van der Waals surface area contributed by atoms with Crippen molar-refractivity contribution in [2.24, 2.45) is 4.99 Å². The van der Waals surface area contributed by atoms with Crippen molar-refractivity contribution in [2.75, 3.05) is 19.1 Å². The molecule has 0 amide bonds. The zero-order valence-corrected chi connectivity index (χ0v) is 15.0. The number of hydrogen-bond donors (Lipinski definition) is 0. The smallest absolute Gasteiger partial charge is 0.121 e. The summed E-state index contributed by atoms with van der Waals surface area (Å²) in [6, 6.07) is 14.3. The summed E-state index contributed by atoms with van der Waals surface area (Å²) in [7, 11) is 3.81. The zero-order chi connectivity index (χ0) is 17.3. The molecule has 2 aromatic carbocycles. The van der Waals surface area contributed by atoms with Gasteiger partial charge in [-0.2, -0.15) is 0 Å². The van der Waals surface area contributed by atoms with Gasteiger partial charge in [0.2, 0.25) is 0 Å². The highest BCUT2D eigenvalue weighted by atomic mass is 16.5. The molecule has 0 spiro atoms. The molecule has 0 bridgehead atoms. The highest BCUT2D eigenvalue weighted by molar-refractivity contribution is 5.88. The van der Waals surface area contributed by atoms with E-state index in [1.54, 1.807) is 7.11 Å². The van der Waals surface area contributed by atoms with Crippen molar-refractivity contribution >= 4 is 23.2 Å². The maximum absolute atomic E-state index is 5.24. The van der Waals surface area contributed by atoms with Crippen LogP contribution in [-0.2, 0) is 0 Å². The number of nitrogens with zero attached hydrogens (tertiary/aromatic N) is 2. The first kappa shape index (κ1) is 16.3. The lowest BCUT2D eigenvalue weighted by atomic mass is 9.89. The Bertz CT molecular complexity index is 818. The van der Waals surface area contributed by atoms with Gasteiger partial charge in [-0.05, 0) is 56.2 Å². The Hall–Kier alpha value is -2.55. The number of anilines is 1. The van der Waals surface area contributed by atoms with Gasteiger partial charge in [0.05, 0.1) is 18.3 Å². The molecule has 0 saturated heterocycles. The van der Waals surface area contributed by atoms with E-state index in [1.165, 1.54) is 16.8 Å². The van der Waals surface area contributed by atoms with Gasteiger partial charge in [0.25, 0.3) is 0 Å². The number of ether oxygens (including phenoxy) is 1. The number of aliphatic imine (C=N–C) groups is 1. The molecule has 1 heterocycles. The second kappa shape index (κ2) is 6.16. The molecule has 0 unspecified atom stereocenters. The van der Waals surface area contributed by atoms with Gasteiger partial charge in [-0.25, -0.2) is 0 Å². The third-order valence-corrected chi connectivity index (χ3v) is 4.66. The van der Waals surface area contributed by atoms with Crippen molar-refractivity contribution in [3.8, 4) is 5.75 Å². The minimum absolute atomic E-state index is 0.0350. The van der Waals surface area contributed by atoms with Gasteiger partial charge in [-0.15, -0.1) is 0 Å². The molecule has 0 aromatic heterocycles. The molecule has 0 atom stereocenters. The molecule has 24 heavy (non-hydrogen) atoms. The molecule has 1 aliphatic rings. The third-order valence-electron chi connectivity index (χ3n) is 4.66. The van der Waals surface area contributed by atoms with Crippen molar-refractivity contribution in [1.29, 1.82) is 0 Å². The number of rotatable bonds is 3. The highest BCUT2D eigenvalue weighted by Gasteiger charge is 2.28. The Morgan fingerprint density at radius 3 is 2.67 bits per heavy atom. The van der Waals surface area contributed by atoms with Crippen LogP contribution in [0.5, 0.6) is 5.75 Å². The molecular weight excluding hydrogens is 296 g/mol. The fraction of sp³-hybridized carbons (Fsp3) is 0.286. The molecule has 3 heteroatoms. The van der Waals surface area contributed by atoms with E-state index >= 15 is 0 Å². The van der Waals surface area contributed by atoms with E-state index in [-0.39, 0.29) is 5.54 Å². The van der Waals surface area contributed by atoms with Crippen LogP contribution in [0.3, 0.4) is 0 Å². The zero-order valence-electron chi connectivity index (χ0n) is 15.0. The predicted molar refractivity (Wildman–Crippen MR) is 103 cm³/mol. The molecule has 3 rings (SSSR count). The standard InChI is InChI=1S/C21H24N2O/c1-15-13-21(2,3)23(4)20-10-9-16(11-19(15)20)14-22-17-7-6-8-18(12-17)24-5/h6-14H,1-5H3. The summed E-state index contributed by atoms with van der Waals surface area (Å²) in [6.45, 7) is 6.64. The Morgan fingerprint density at radius 2 is 1.92 bits per heavy atom. The third kappa shape index (κ3) is 3.07. The molecule has 2 aromatic rings. The lowest BCUT2D eigenvalue weighted by Gasteiger charge is -2.40. The van der Waals surface area contributed by atoms with Crippen LogP contribution in [0.1, 0.15) is 31.9 Å². The van der Waals surface area contributed by atoms with E-state index in [0.717, 1.165) is 17.0 Å². The van der Waals surface area contributed by atoms with Gasteiger partial charge < -0.3 is 9.64 Å². The van der Waals surface area contributed by atoms with Crippen LogP contribution >= 0.6 is 0 Å². The summed E-state index contributed by atoms with van der Waals surface area (Å²) in [5.74, 6) is 0.817. The van der Waals surface area contributed by atoms with Crippen LogP contribution in [0, 0.1) is 0 Å². The maximum Gasteiger partial charge on any atom is 0.121 e. The summed E-state index contributed by atoms with van der Waals surface area (Å²) < 4.78 is 5.24. The van der Waals surface area contributed by atoms with Gasteiger partial charge in [-0.3, -0.25) is 4.99 Å². The van der Waals surface area contributed by atoms with Crippen molar-refractivity contribution in [2.45, 2.75) is 26.3 Å². The molecule has 0 N–H and O–H groups in total. The molecule has 3 nitrogen and oxygen atoms in total. The van der Waals surface area contributed by atoms with Crippen LogP contribution < -0.4 is 9.64 Å². The van der Waals surface area contributed by atoms with Crippen LogP contribution in [0.4, 0.5) is 11.4 Å². The largest absolute Gasteiger partial charge is 0.497 e. The van der Waals surface area contributed by atoms with E-state index in [0.29, 0.717) is 0 Å². The van der Waals surface area contributed by atoms with Crippen LogP contribution in [-0.4, -0.2) is 25.9 Å². The average Bonchev–Trinajstić information content (AvgIpc) is 2.58. The van der Waals surface area contributed by atoms with Crippen molar-refractivity contribution < 1.29 is 4.74 Å². The van der Waals surface area contributed by atoms with E-state index in [2.05, 4.69) is 62.0 Å². The van der Waals surface area contributed by atoms with Gasteiger partial charge >= 0.3 is 0 Å². The first-order valence-corrected chi connectivity index (χ1v) is 8.16. The number of likely N-dealkylation sites (N-methyl/N-ethyl adjacent to an activating group) is 1. The second-order valence-corrected chi connectivity index (χ2v) is 6.78. The van der Waals surface area contributed by atoms with Crippen LogP contribution in [0.25, 0.3) is 5.57 Å². The fourth-order valence-corrected chi connectivity index (χ4v) is 3.10. The Kier molecular flexibility index (Phi) is 4.18. The summed E-state index contributed by atoms with van der Waals surface area (Å²) in [5.41, 5.74) is 5.86. The van der Waals surface area contributed by atoms with Crippen molar-refractivity contribution in [1.82, 2.24) is 0 Å². The van der Waals surface area contributed by atoms with Crippen molar-refractivity contribution in [3.05, 3.63) is 59.7 Å². The maximum atomic E-state index is 5.24. The molecule has 0 fully saturated rings. The Labute approximate surface area is 144 Å². The van der Waals surface area contributed by atoms with E-state index < -0.39 is 0 Å². The Morgan fingerprint density at radius 1 is 1.12 bits per heavy atom. The normalized spacial score (nSPS) is 16.0. The minimum atomic E-state index is 0.0350. The number of allylic oxidation sites excluding steroid dienone is 1. The number of benzene rings is 2. The summed E-state index contributed by atoms with van der Waals surface area (Å²) in [5, 5.41) is 0. The topological polar surface area (TPSA) is 24.8 Å². The highest BCUT2D eigenvalue weighted by Crippen LogP contribution is 2.37. The van der Waals surface area contributed by atoms with Gasteiger partial charge in [0.15, 0.2) is 0 Å². The molecule has 0 radical (unpaired) electrons. The molecule has 1 aliphatic heterocycles. The quantitative estimate of drug-likeness (QED) is 0.737. The minimum Gasteiger partial charge on any atom is -0.497 e. The first-order valence-electron chi connectivity index (χ1n) is 8.16. The average molecular weight is 320 g/mol. The van der Waals surface area contributed by atoms with Crippen LogP contribution in [0.15, 0.2) is 53.5 Å². The van der Waals surface area contributed by atoms with E-state index in [9.17, 15) is 0 Å². The number of methoxy groups -OCH3 is 1. The van der Waals surface area contributed by atoms with Crippen molar-refractivity contribution in [3.63, 3.8) is 0 Å². The van der Waals surface area contributed by atoms with Gasteiger partial charge in [-0.1, -0.05) is 18.2 Å². The van der Waals surface area contributed by atoms with Crippen LogP contribution in [0.2, 0.25) is 0 Å². The summed E-state index contributed by atoms with van der Waals surface area (Å²) in [4.78, 5) is 6.89. The molecular formula is C21H24N2O. The van der Waals surface area contributed by atoms with Gasteiger partial charge in [0, 0.05) is 30.6 Å². The second-order valence-electron chi connectivity index (χ2n) is 6.78. The monoisotopic (exact) mass is 320 g/mol. The number of hydrogen-bond acceptors (Lipinski definition) is 3. The van der Waals surface area contributed by atoms with E-state index in [1.807, 2.05) is 30.5 Å². The number of fused-ring (bicyclic) bond motifs is 1. The first-order chi connectivity index (χ1) is 11.4. The Balaban J connectivity index is 1.92. The lowest BCUT2D eigenvalue weighted by molar-refractivity contribution is 0.415. The summed E-state index contributed by atoms with van der Waals surface area (Å²) in [6.07, 6.45) is 4.22. The van der Waals surface area contributed by atoms with Gasteiger partial charge in [0.1, 0.15) is 5.75 Å². The molecule has 124 valence electrons. The SMILES string of the molecule is COc1cccc(N=Cc2ccc3c(c2)C(C)=CC(C)(C)N3C)c1. The molecule has 0 saturated carbocycles. The van der Waals surface area contributed by atoms with E-state index in [4.69, 9.17) is 4.74 Å². The summed E-state index contributed by atoms with van der Waals surface area (Å²) >= 11 is 0. The fourth-order valence-electron chi connectivity index (χ4n) is 3.10. The molecule has 0 aliphatic carbocycles.